The van der Waals surface area contributed by atoms with E-state index in [1.165, 1.54) is 5.56 Å². The van der Waals surface area contributed by atoms with Crippen molar-refractivity contribution in [2.45, 2.75) is 39.5 Å². The smallest absolute Gasteiger partial charge is 0.250 e. The van der Waals surface area contributed by atoms with E-state index in [9.17, 15) is 4.79 Å². The Morgan fingerprint density at radius 2 is 1.93 bits per heavy atom. The van der Waals surface area contributed by atoms with Crippen LogP contribution in [-0.2, 0) is 22.6 Å². The average Bonchev–Trinajstić information content (AvgIpc) is 2.73. The van der Waals surface area contributed by atoms with Crippen LogP contribution < -0.4 is 10.1 Å². The van der Waals surface area contributed by atoms with Crippen LogP contribution in [0.5, 0.6) is 5.75 Å². The van der Waals surface area contributed by atoms with Gasteiger partial charge in [-0.25, -0.2) is 0 Å². The highest BCUT2D eigenvalue weighted by Gasteiger charge is 2.26. The molecular formula is C24H32N2O3. The van der Waals surface area contributed by atoms with Crippen LogP contribution in [-0.4, -0.2) is 43.2 Å². The van der Waals surface area contributed by atoms with E-state index in [-0.39, 0.29) is 5.91 Å². The van der Waals surface area contributed by atoms with Crippen LogP contribution >= 0.6 is 0 Å². The summed E-state index contributed by atoms with van der Waals surface area (Å²) in [5.74, 6) is 1.37. The van der Waals surface area contributed by atoms with Crippen LogP contribution in [0.4, 0.5) is 0 Å². The number of rotatable bonds is 9. The zero-order valence-corrected chi connectivity index (χ0v) is 17.5. The molecule has 29 heavy (non-hydrogen) atoms. The van der Waals surface area contributed by atoms with Crippen LogP contribution in [0, 0.1) is 5.92 Å². The molecular weight excluding hydrogens is 364 g/mol. The molecule has 3 rings (SSSR count). The Morgan fingerprint density at radius 1 is 1.17 bits per heavy atom. The summed E-state index contributed by atoms with van der Waals surface area (Å²) >= 11 is 0. The van der Waals surface area contributed by atoms with Gasteiger partial charge in [-0.3, -0.25) is 9.69 Å². The van der Waals surface area contributed by atoms with Crippen LogP contribution in [0.15, 0.2) is 54.6 Å². The number of morpholine rings is 1. The van der Waals surface area contributed by atoms with Crippen molar-refractivity contribution in [3.8, 4) is 5.75 Å². The lowest BCUT2D eigenvalue weighted by Gasteiger charge is -2.32. The molecule has 5 nitrogen and oxygen atoms in total. The van der Waals surface area contributed by atoms with E-state index in [2.05, 4.69) is 36.2 Å². The maximum Gasteiger partial charge on any atom is 0.250 e. The number of carbonyl (C=O) groups excluding carboxylic acids is 1. The summed E-state index contributed by atoms with van der Waals surface area (Å²) in [6.07, 6.45) is 0.565. The van der Waals surface area contributed by atoms with E-state index in [4.69, 9.17) is 9.47 Å². The van der Waals surface area contributed by atoms with Crippen molar-refractivity contribution in [3.05, 3.63) is 65.7 Å². The van der Waals surface area contributed by atoms with Gasteiger partial charge < -0.3 is 14.8 Å². The van der Waals surface area contributed by atoms with Crippen molar-refractivity contribution in [3.63, 3.8) is 0 Å². The van der Waals surface area contributed by atoms with Gasteiger partial charge in [0.1, 0.15) is 11.9 Å². The molecule has 1 N–H and O–H groups in total. The fourth-order valence-corrected chi connectivity index (χ4v) is 3.34. The molecule has 156 valence electrons. The van der Waals surface area contributed by atoms with Gasteiger partial charge in [-0.05, 0) is 24.0 Å². The number of nitrogens with one attached hydrogen (secondary N) is 1. The minimum atomic E-state index is -0.443. The maximum absolute atomic E-state index is 12.7. The van der Waals surface area contributed by atoms with Crippen molar-refractivity contribution in [1.29, 1.82) is 0 Å². The van der Waals surface area contributed by atoms with Gasteiger partial charge in [0.25, 0.3) is 5.91 Å². The molecule has 1 saturated heterocycles. The Balaban J connectivity index is 1.50. The van der Waals surface area contributed by atoms with Crippen LogP contribution in [0.1, 0.15) is 31.4 Å². The lowest BCUT2D eigenvalue weighted by atomic mass is 10.1. The normalized spacial score (nSPS) is 17.3. The molecule has 0 radical (unpaired) electrons. The second-order valence-electron chi connectivity index (χ2n) is 7.94. The van der Waals surface area contributed by atoms with Crippen molar-refractivity contribution in [2.75, 3.05) is 26.3 Å². The molecule has 2 aromatic rings. The van der Waals surface area contributed by atoms with E-state index < -0.39 is 6.10 Å². The number of benzene rings is 2. The number of carbonyl (C=O) groups is 1. The van der Waals surface area contributed by atoms with Gasteiger partial charge in [-0.2, -0.15) is 0 Å². The Kier molecular flexibility index (Phi) is 8.08. The van der Waals surface area contributed by atoms with Crippen molar-refractivity contribution >= 4 is 5.91 Å². The second-order valence-corrected chi connectivity index (χ2v) is 7.94. The fourth-order valence-electron chi connectivity index (χ4n) is 3.34. The number of ether oxygens (including phenoxy) is 2. The molecule has 0 saturated carbocycles. The first kappa shape index (κ1) is 21.3. The average molecular weight is 397 g/mol. The summed E-state index contributed by atoms with van der Waals surface area (Å²) in [6, 6.07) is 18.2. The van der Waals surface area contributed by atoms with Gasteiger partial charge >= 0.3 is 0 Å². The third-order valence-electron chi connectivity index (χ3n) is 5.07. The molecule has 0 bridgehead atoms. The van der Waals surface area contributed by atoms with Gasteiger partial charge in [0.05, 0.1) is 13.2 Å². The van der Waals surface area contributed by atoms with E-state index >= 15 is 0 Å². The summed E-state index contributed by atoms with van der Waals surface area (Å²) in [4.78, 5) is 15.0. The van der Waals surface area contributed by atoms with E-state index in [0.717, 1.165) is 30.8 Å². The number of hydrogen-bond acceptors (Lipinski definition) is 4. The van der Waals surface area contributed by atoms with Crippen LogP contribution in [0.25, 0.3) is 0 Å². The highest BCUT2D eigenvalue weighted by atomic mass is 16.5. The Hall–Kier alpha value is -2.37. The van der Waals surface area contributed by atoms with E-state index in [1.807, 2.05) is 42.5 Å². The molecule has 2 aromatic carbocycles. The minimum absolute atomic E-state index is 0.0697. The first-order chi connectivity index (χ1) is 14.1. The molecule has 1 heterocycles. The SMILES string of the molecule is CC(C)CCOc1ccccc1CNC(=O)C1CN(Cc2ccccc2)CCO1. The molecule has 1 atom stereocenters. The summed E-state index contributed by atoms with van der Waals surface area (Å²) in [5.41, 5.74) is 2.24. The van der Waals surface area contributed by atoms with Gasteiger partial charge in [-0.15, -0.1) is 0 Å². The lowest BCUT2D eigenvalue weighted by molar-refractivity contribution is -0.139. The first-order valence-corrected chi connectivity index (χ1v) is 10.5. The zero-order chi connectivity index (χ0) is 20.5. The van der Waals surface area contributed by atoms with Crippen molar-refractivity contribution in [2.24, 2.45) is 5.92 Å². The molecule has 1 unspecified atom stereocenters. The maximum atomic E-state index is 12.7. The molecule has 0 aromatic heterocycles. The molecule has 5 heteroatoms. The van der Waals surface area contributed by atoms with Crippen molar-refractivity contribution < 1.29 is 14.3 Å². The van der Waals surface area contributed by atoms with Gasteiger partial charge in [-0.1, -0.05) is 62.4 Å². The fraction of sp³-hybridized carbons (Fsp3) is 0.458. The molecule has 1 amide bonds. The highest BCUT2D eigenvalue weighted by molar-refractivity contribution is 5.81. The van der Waals surface area contributed by atoms with Crippen molar-refractivity contribution in [1.82, 2.24) is 10.2 Å². The third kappa shape index (κ3) is 6.87. The number of para-hydroxylation sites is 1. The zero-order valence-electron chi connectivity index (χ0n) is 17.5. The summed E-state index contributed by atoms with van der Waals surface area (Å²) in [5, 5.41) is 3.02. The lowest BCUT2D eigenvalue weighted by Crippen LogP contribution is -2.49. The standard InChI is InChI=1S/C24H32N2O3/c1-19(2)12-14-28-22-11-7-6-10-21(22)16-25-24(27)23-18-26(13-15-29-23)17-20-8-4-3-5-9-20/h3-11,19,23H,12-18H2,1-2H3,(H,25,27). The van der Waals surface area contributed by atoms with E-state index in [1.54, 1.807) is 0 Å². The first-order valence-electron chi connectivity index (χ1n) is 10.5. The molecule has 0 spiro atoms. The molecule has 1 aliphatic heterocycles. The predicted molar refractivity (Wildman–Crippen MR) is 115 cm³/mol. The molecule has 0 aliphatic carbocycles. The summed E-state index contributed by atoms with van der Waals surface area (Å²) < 4.78 is 11.7. The number of hydrogen-bond donors (Lipinski definition) is 1. The third-order valence-corrected chi connectivity index (χ3v) is 5.07. The van der Waals surface area contributed by atoms with Gasteiger partial charge in [0.15, 0.2) is 0 Å². The largest absolute Gasteiger partial charge is 0.493 e. The minimum Gasteiger partial charge on any atom is -0.493 e. The molecule has 1 aliphatic rings. The Bertz CT molecular complexity index is 764. The van der Waals surface area contributed by atoms with Gasteiger partial charge in [0, 0.05) is 31.7 Å². The Labute approximate surface area is 174 Å². The summed E-state index contributed by atoms with van der Waals surface area (Å²) in [6.45, 7) is 8.33. The Morgan fingerprint density at radius 3 is 2.72 bits per heavy atom. The topological polar surface area (TPSA) is 50.8 Å². The number of amides is 1. The van der Waals surface area contributed by atoms with Crippen LogP contribution in [0.2, 0.25) is 0 Å². The number of nitrogens with zero attached hydrogens (tertiary/aromatic N) is 1. The summed E-state index contributed by atoms with van der Waals surface area (Å²) in [7, 11) is 0. The highest BCUT2D eigenvalue weighted by Crippen LogP contribution is 2.19. The molecule has 1 fully saturated rings. The predicted octanol–water partition coefficient (Wildman–Crippen LogP) is 3.63. The van der Waals surface area contributed by atoms with Gasteiger partial charge in [0.2, 0.25) is 0 Å². The van der Waals surface area contributed by atoms with Crippen LogP contribution in [0.3, 0.4) is 0 Å². The monoisotopic (exact) mass is 396 g/mol. The quantitative estimate of drug-likeness (QED) is 0.703. The van der Waals surface area contributed by atoms with E-state index in [0.29, 0.717) is 32.2 Å². The second kappa shape index (κ2) is 11.0.